The Bertz CT molecular complexity index is 202. The average molecular weight is 226 g/mol. The average Bonchev–Trinajstić information content (AvgIpc) is 1.98. The van der Waals surface area contributed by atoms with Crippen LogP contribution in [0.15, 0.2) is 0 Å². The van der Waals surface area contributed by atoms with Gasteiger partial charge < -0.3 is 9.38 Å². The first-order valence-corrected chi connectivity index (χ1v) is 6.19. The predicted molar refractivity (Wildman–Crippen MR) is 54.9 cm³/mol. The molecule has 0 aliphatic carbocycles. The van der Waals surface area contributed by atoms with Gasteiger partial charge in [0.25, 0.3) is 0 Å². The van der Waals surface area contributed by atoms with Crippen LogP contribution in [0.25, 0.3) is 0 Å². The van der Waals surface area contributed by atoms with Crippen LogP contribution in [-0.4, -0.2) is 50.3 Å². The van der Waals surface area contributed by atoms with E-state index >= 15 is 0 Å². The molecule has 86 valence electrons. The lowest BCUT2D eigenvalue weighted by Gasteiger charge is -2.23. The highest BCUT2D eigenvalue weighted by Gasteiger charge is 2.21. The molecule has 0 aromatic rings. The van der Waals surface area contributed by atoms with Gasteiger partial charge in [-0.15, -0.1) is 0 Å². The van der Waals surface area contributed by atoms with E-state index in [9.17, 15) is 4.57 Å². The van der Waals surface area contributed by atoms with E-state index < -0.39 is 7.82 Å². The normalized spacial score (nSPS) is 16.6. The van der Waals surface area contributed by atoms with Gasteiger partial charge in [0.2, 0.25) is 0 Å². The van der Waals surface area contributed by atoms with Gasteiger partial charge in [-0.1, -0.05) is 6.92 Å². The van der Waals surface area contributed by atoms with Crippen LogP contribution in [0, 0.1) is 0 Å². The van der Waals surface area contributed by atoms with Crippen molar-refractivity contribution >= 4 is 7.82 Å². The van der Waals surface area contributed by atoms with Crippen molar-refractivity contribution in [1.29, 1.82) is 0 Å². The lowest BCUT2D eigenvalue weighted by Crippen LogP contribution is -2.37. The Balaban J connectivity index is 3.71. The Hall–Kier alpha value is 0.0700. The van der Waals surface area contributed by atoms with Crippen molar-refractivity contribution in [2.75, 3.05) is 40.9 Å². The van der Waals surface area contributed by atoms with Crippen LogP contribution >= 0.6 is 7.82 Å². The molecule has 1 N–H and O–H groups in total. The number of phosphoric ester groups is 1. The van der Waals surface area contributed by atoms with Gasteiger partial charge in [-0.3, -0.25) is 9.05 Å². The summed E-state index contributed by atoms with van der Waals surface area (Å²) < 4.78 is 21.3. The van der Waals surface area contributed by atoms with E-state index in [1.54, 1.807) is 0 Å². The molecule has 0 amide bonds. The van der Waals surface area contributed by atoms with Crippen LogP contribution in [0.2, 0.25) is 0 Å². The lowest BCUT2D eigenvalue weighted by molar-refractivity contribution is -0.870. The molecule has 0 aliphatic rings. The summed E-state index contributed by atoms with van der Waals surface area (Å²) in [4.78, 5) is 9.15. The largest absolute Gasteiger partial charge is 0.472 e. The third-order valence-corrected chi connectivity index (χ3v) is 2.49. The van der Waals surface area contributed by atoms with Crippen LogP contribution in [0.3, 0.4) is 0 Å². The molecule has 0 saturated carbocycles. The van der Waals surface area contributed by atoms with Gasteiger partial charge in [0, 0.05) is 0 Å². The molecule has 1 atom stereocenters. The highest BCUT2D eigenvalue weighted by molar-refractivity contribution is 7.47. The van der Waals surface area contributed by atoms with Crippen molar-refractivity contribution in [2.24, 2.45) is 0 Å². The Kier molecular flexibility index (Phi) is 5.86. The molecule has 0 rings (SSSR count). The summed E-state index contributed by atoms with van der Waals surface area (Å²) >= 11 is 0. The van der Waals surface area contributed by atoms with E-state index in [4.69, 9.17) is 9.42 Å². The van der Waals surface area contributed by atoms with Crippen LogP contribution in [0.1, 0.15) is 13.3 Å². The highest BCUT2D eigenvalue weighted by Crippen LogP contribution is 2.42. The first kappa shape index (κ1) is 14.1. The Morgan fingerprint density at radius 2 is 1.71 bits per heavy atom. The minimum atomic E-state index is -3.81. The summed E-state index contributed by atoms with van der Waals surface area (Å²) in [7, 11) is 2.15. The summed E-state index contributed by atoms with van der Waals surface area (Å²) in [6.45, 7) is 3.01. The zero-order valence-electron chi connectivity index (χ0n) is 9.39. The smallest absolute Gasteiger partial charge is 0.329 e. The Morgan fingerprint density at radius 1 is 1.21 bits per heavy atom. The second kappa shape index (κ2) is 5.83. The van der Waals surface area contributed by atoms with Crippen LogP contribution in [-0.2, 0) is 13.6 Å². The van der Waals surface area contributed by atoms with Crippen LogP contribution < -0.4 is 0 Å². The maximum absolute atomic E-state index is 11.2. The molecule has 0 bridgehead atoms. The van der Waals surface area contributed by atoms with Crippen molar-refractivity contribution in [3.05, 3.63) is 0 Å². The quantitative estimate of drug-likeness (QED) is 0.524. The molecule has 0 aliphatic heterocycles. The summed E-state index contributed by atoms with van der Waals surface area (Å²) in [5, 5.41) is 0. The number of likely N-dealkylation sites (N-methyl/N-ethyl adjacent to an activating group) is 1. The van der Waals surface area contributed by atoms with Crippen molar-refractivity contribution < 1.29 is 23.0 Å². The summed E-state index contributed by atoms with van der Waals surface area (Å²) in [5.74, 6) is 0. The topological polar surface area (TPSA) is 55.8 Å². The van der Waals surface area contributed by atoms with Gasteiger partial charge in [0.05, 0.1) is 27.7 Å². The number of quaternary nitrogens is 1. The molecule has 0 radical (unpaired) electrons. The Morgan fingerprint density at radius 3 is 2.14 bits per heavy atom. The van der Waals surface area contributed by atoms with E-state index in [-0.39, 0.29) is 13.2 Å². The first-order chi connectivity index (χ1) is 6.27. The number of hydrogen-bond donors (Lipinski definition) is 1. The molecule has 0 spiro atoms. The molecular weight excluding hydrogens is 205 g/mol. The monoisotopic (exact) mass is 226 g/mol. The fourth-order valence-corrected chi connectivity index (χ4v) is 1.47. The van der Waals surface area contributed by atoms with Crippen LogP contribution in [0.5, 0.6) is 0 Å². The highest BCUT2D eigenvalue weighted by atomic mass is 31.2. The Labute approximate surface area is 85.8 Å². The summed E-state index contributed by atoms with van der Waals surface area (Å²) in [5.41, 5.74) is 0. The molecule has 14 heavy (non-hydrogen) atoms. The molecule has 0 heterocycles. The van der Waals surface area contributed by atoms with Crippen molar-refractivity contribution in [3.63, 3.8) is 0 Å². The fourth-order valence-electron chi connectivity index (χ4n) is 0.674. The van der Waals surface area contributed by atoms with Gasteiger partial charge in [-0.2, -0.15) is 0 Å². The van der Waals surface area contributed by atoms with Crippen molar-refractivity contribution in [2.45, 2.75) is 13.3 Å². The standard InChI is InChI=1S/C8H20NO4P/c1-5-7-12-14(10,11)13-8-6-9(2,3)4/h5-8H2,1-4H3/p+1. The summed E-state index contributed by atoms with van der Waals surface area (Å²) in [6.07, 6.45) is 0.698. The minimum absolute atomic E-state index is 0.223. The fraction of sp³-hybridized carbons (Fsp3) is 1.00. The molecule has 1 unspecified atom stereocenters. The minimum Gasteiger partial charge on any atom is -0.329 e. The predicted octanol–water partition coefficient (Wildman–Crippen LogP) is 1.24. The van der Waals surface area contributed by atoms with Crippen LogP contribution in [0.4, 0.5) is 0 Å². The van der Waals surface area contributed by atoms with Gasteiger partial charge in [-0.25, -0.2) is 4.57 Å². The van der Waals surface area contributed by atoms with E-state index in [0.717, 1.165) is 0 Å². The van der Waals surface area contributed by atoms with Gasteiger partial charge in [0.1, 0.15) is 13.2 Å². The third-order valence-electron chi connectivity index (χ3n) is 1.48. The molecule has 6 heteroatoms. The second-order valence-electron chi connectivity index (χ2n) is 4.15. The lowest BCUT2D eigenvalue weighted by atomic mass is 10.5. The SMILES string of the molecule is CCCOP(=O)(O)OCC[N+](C)(C)C. The van der Waals surface area contributed by atoms with E-state index in [0.29, 0.717) is 17.4 Å². The number of phosphoric acid groups is 1. The third kappa shape index (κ3) is 8.66. The molecule has 0 aromatic heterocycles. The maximum Gasteiger partial charge on any atom is 0.472 e. The maximum atomic E-state index is 11.2. The van der Waals surface area contributed by atoms with E-state index in [1.807, 2.05) is 28.1 Å². The van der Waals surface area contributed by atoms with E-state index in [2.05, 4.69) is 4.52 Å². The zero-order valence-corrected chi connectivity index (χ0v) is 10.3. The molecule has 0 fully saturated rings. The van der Waals surface area contributed by atoms with Gasteiger partial charge >= 0.3 is 7.82 Å². The zero-order chi connectivity index (χ0) is 11.2. The van der Waals surface area contributed by atoms with Crippen molar-refractivity contribution in [3.8, 4) is 0 Å². The molecule has 5 nitrogen and oxygen atoms in total. The number of nitrogens with zero attached hydrogens (tertiary/aromatic N) is 1. The van der Waals surface area contributed by atoms with Gasteiger partial charge in [-0.05, 0) is 6.42 Å². The second-order valence-corrected chi connectivity index (χ2v) is 5.60. The molecular formula is C8H21NO4P+. The first-order valence-electron chi connectivity index (χ1n) is 4.69. The van der Waals surface area contributed by atoms with Gasteiger partial charge in [0.15, 0.2) is 0 Å². The molecule has 0 saturated heterocycles. The summed E-state index contributed by atoms with van der Waals surface area (Å²) in [6, 6.07) is 0. The molecule has 0 aromatic carbocycles. The number of hydrogen-bond acceptors (Lipinski definition) is 3. The number of rotatable bonds is 7. The van der Waals surface area contributed by atoms with Crippen molar-refractivity contribution in [1.82, 2.24) is 0 Å². The van der Waals surface area contributed by atoms with E-state index in [1.165, 1.54) is 0 Å².